The van der Waals surface area contributed by atoms with Crippen LogP contribution in [0.2, 0.25) is 5.02 Å². The van der Waals surface area contributed by atoms with Gasteiger partial charge in [-0.3, -0.25) is 9.59 Å². The Hall–Kier alpha value is -2.34. The lowest BCUT2D eigenvalue weighted by Crippen LogP contribution is -2.28. The van der Waals surface area contributed by atoms with Crippen molar-refractivity contribution in [3.8, 4) is 11.5 Å². The normalized spacial score (nSPS) is 29.1. The molecule has 0 N–H and O–H groups in total. The highest BCUT2D eigenvalue weighted by Crippen LogP contribution is 2.52. The van der Waals surface area contributed by atoms with Crippen LogP contribution in [0, 0.1) is 23.7 Å². The van der Waals surface area contributed by atoms with Crippen LogP contribution >= 0.6 is 11.6 Å². The number of rotatable bonds is 5. The summed E-state index contributed by atoms with van der Waals surface area (Å²) >= 11 is 6.25. The van der Waals surface area contributed by atoms with Crippen molar-refractivity contribution >= 4 is 29.6 Å². The minimum Gasteiger partial charge on any atom is -0.493 e. The maximum absolute atomic E-state index is 12.6. The lowest BCUT2D eigenvalue weighted by Gasteiger charge is -2.13. The van der Waals surface area contributed by atoms with Crippen LogP contribution in [0.1, 0.15) is 18.9 Å². The molecule has 7 heteroatoms. The summed E-state index contributed by atoms with van der Waals surface area (Å²) in [6.07, 6.45) is 6.47. The van der Waals surface area contributed by atoms with E-state index in [0.29, 0.717) is 28.7 Å². The summed E-state index contributed by atoms with van der Waals surface area (Å²) in [5, 5.41) is 5.55. The summed E-state index contributed by atoms with van der Waals surface area (Å²) in [4.78, 5) is 25.2. The molecule has 0 spiro atoms. The first-order valence-corrected chi connectivity index (χ1v) is 9.03. The molecule has 0 radical (unpaired) electrons. The van der Waals surface area contributed by atoms with E-state index < -0.39 is 0 Å². The second kappa shape index (κ2) is 6.43. The van der Waals surface area contributed by atoms with Gasteiger partial charge in [-0.15, -0.1) is 0 Å². The van der Waals surface area contributed by atoms with E-state index in [1.165, 1.54) is 13.3 Å². The van der Waals surface area contributed by atoms with Gasteiger partial charge in [0.2, 0.25) is 0 Å². The third kappa shape index (κ3) is 2.51. The third-order valence-electron chi connectivity index (χ3n) is 5.31. The zero-order valence-electron chi connectivity index (χ0n) is 14.5. The van der Waals surface area contributed by atoms with Crippen molar-refractivity contribution in [3.63, 3.8) is 0 Å². The van der Waals surface area contributed by atoms with Crippen molar-refractivity contribution < 1.29 is 19.1 Å². The standard InChI is InChI=1S/C19H19ClN2O4/c1-3-26-17-13(20)6-10(7-14(17)25-2)9-21-22-18(23)15-11-4-5-12(8-11)16(15)19(22)24/h4-7,9,11-12,15-16H,3,8H2,1-2H3/t11-,12-,15-,16+/m0/s1. The van der Waals surface area contributed by atoms with Crippen LogP contribution in [-0.4, -0.2) is 36.8 Å². The number of halogens is 1. The second-order valence-corrected chi connectivity index (χ2v) is 7.11. The number of ether oxygens (including phenoxy) is 2. The Kier molecular flexibility index (Phi) is 4.23. The molecule has 26 heavy (non-hydrogen) atoms. The van der Waals surface area contributed by atoms with E-state index in [4.69, 9.17) is 21.1 Å². The summed E-state index contributed by atoms with van der Waals surface area (Å²) in [6, 6.07) is 3.37. The molecular weight excluding hydrogens is 356 g/mol. The van der Waals surface area contributed by atoms with Gasteiger partial charge in [-0.05, 0) is 42.9 Å². The second-order valence-electron chi connectivity index (χ2n) is 6.70. The molecule has 6 nitrogen and oxygen atoms in total. The van der Waals surface area contributed by atoms with Gasteiger partial charge in [-0.1, -0.05) is 23.8 Å². The van der Waals surface area contributed by atoms with E-state index in [1.807, 2.05) is 6.92 Å². The minimum absolute atomic E-state index is 0.168. The molecule has 1 aromatic rings. The predicted octanol–water partition coefficient (Wildman–Crippen LogP) is 2.89. The molecule has 1 aromatic carbocycles. The molecule has 0 unspecified atom stereocenters. The van der Waals surface area contributed by atoms with E-state index in [9.17, 15) is 9.59 Å². The highest BCUT2D eigenvalue weighted by atomic mass is 35.5. The van der Waals surface area contributed by atoms with Crippen molar-refractivity contribution in [1.29, 1.82) is 0 Å². The maximum Gasteiger partial charge on any atom is 0.254 e. The van der Waals surface area contributed by atoms with E-state index in [1.54, 1.807) is 12.1 Å². The SMILES string of the molecule is CCOc1c(Cl)cc(C=NN2C(=O)[C@@H]3[C@H](C2=O)[C@H]2C=C[C@H]3C2)cc1OC. The Morgan fingerprint density at radius 2 is 1.88 bits per heavy atom. The maximum atomic E-state index is 12.6. The number of fused-ring (bicyclic) bond motifs is 5. The molecule has 1 saturated heterocycles. The zero-order valence-corrected chi connectivity index (χ0v) is 15.3. The van der Waals surface area contributed by atoms with Crippen LogP contribution in [0.15, 0.2) is 29.4 Å². The van der Waals surface area contributed by atoms with E-state index in [2.05, 4.69) is 17.3 Å². The molecule has 0 aromatic heterocycles. The molecule has 3 aliphatic rings. The molecule has 1 heterocycles. The molecule has 136 valence electrons. The van der Waals surface area contributed by atoms with E-state index in [0.717, 1.165) is 11.4 Å². The summed E-state index contributed by atoms with van der Waals surface area (Å²) in [5.41, 5.74) is 0.619. The number of methoxy groups -OCH3 is 1. The van der Waals surface area contributed by atoms with Crippen molar-refractivity contribution in [2.75, 3.05) is 13.7 Å². The Bertz CT molecular complexity index is 805. The Labute approximate surface area is 156 Å². The smallest absolute Gasteiger partial charge is 0.254 e. The quantitative estimate of drug-likeness (QED) is 0.451. The monoisotopic (exact) mass is 374 g/mol. The topological polar surface area (TPSA) is 68.2 Å². The summed E-state index contributed by atoms with van der Waals surface area (Å²) in [6.45, 7) is 2.31. The fourth-order valence-electron chi connectivity index (χ4n) is 4.22. The number of benzene rings is 1. The number of amides is 2. The molecule has 4 rings (SSSR count). The highest BCUT2D eigenvalue weighted by molar-refractivity contribution is 6.32. The first kappa shape index (κ1) is 17.1. The largest absolute Gasteiger partial charge is 0.493 e. The van der Waals surface area contributed by atoms with Gasteiger partial charge in [0, 0.05) is 0 Å². The first-order valence-electron chi connectivity index (χ1n) is 8.65. The van der Waals surface area contributed by atoms with Crippen LogP contribution in [-0.2, 0) is 9.59 Å². The van der Waals surface area contributed by atoms with Crippen molar-refractivity contribution in [3.05, 3.63) is 34.9 Å². The van der Waals surface area contributed by atoms with Gasteiger partial charge in [0.05, 0.1) is 36.8 Å². The molecule has 2 fully saturated rings. The van der Waals surface area contributed by atoms with Crippen molar-refractivity contribution in [2.45, 2.75) is 13.3 Å². The Morgan fingerprint density at radius 1 is 1.23 bits per heavy atom. The van der Waals surface area contributed by atoms with Crippen LogP contribution in [0.3, 0.4) is 0 Å². The highest BCUT2D eigenvalue weighted by Gasteiger charge is 2.59. The van der Waals surface area contributed by atoms with Gasteiger partial charge in [0.1, 0.15) is 0 Å². The summed E-state index contributed by atoms with van der Waals surface area (Å²) < 4.78 is 10.8. The van der Waals surface area contributed by atoms with Crippen LogP contribution in [0.5, 0.6) is 11.5 Å². The van der Waals surface area contributed by atoms with E-state index in [-0.39, 0.29) is 35.5 Å². The number of hydrazone groups is 1. The number of imide groups is 1. The fourth-order valence-corrected chi connectivity index (χ4v) is 4.50. The number of carbonyl (C=O) groups is 2. The van der Waals surface area contributed by atoms with Gasteiger partial charge in [-0.25, -0.2) is 0 Å². The van der Waals surface area contributed by atoms with Crippen molar-refractivity contribution in [2.24, 2.45) is 28.8 Å². The Morgan fingerprint density at radius 3 is 2.46 bits per heavy atom. The van der Waals surface area contributed by atoms with Gasteiger partial charge in [-0.2, -0.15) is 10.1 Å². The minimum atomic E-state index is -0.256. The van der Waals surface area contributed by atoms with Gasteiger partial charge in [0.25, 0.3) is 11.8 Å². The number of allylic oxidation sites excluding steroid dienone is 2. The zero-order chi connectivity index (χ0) is 18.4. The lowest BCUT2D eigenvalue weighted by atomic mass is 9.85. The number of carbonyl (C=O) groups excluding carboxylic acids is 2. The molecule has 2 amide bonds. The number of hydrogen-bond acceptors (Lipinski definition) is 5. The average molecular weight is 375 g/mol. The molecule has 2 bridgehead atoms. The van der Waals surface area contributed by atoms with Crippen LogP contribution < -0.4 is 9.47 Å². The van der Waals surface area contributed by atoms with Gasteiger partial charge >= 0.3 is 0 Å². The molecule has 1 saturated carbocycles. The van der Waals surface area contributed by atoms with Gasteiger partial charge in [0.15, 0.2) is 11.5 Å². The number of hydrogen-bond donors (Lipinski definition) is 0. The van der Waals surface area contributed by atoms with Crippen molar-refractivity contribution in [1.82, 2.24) is 5.01 Å². The Balaban J connectivity index is 1.58. The van der Waals surface area contributed by atoms with E-state index >= 15 is 0 Å². The molecule has 4 atom stereocenters. The van der Waals surface area contributed by atoms with Crippen LogP contribution in [0.4, 0.5) is 0 Å². The first-order chi connectivity index (χ1) is 12.5. The fraction of sp³-hybridized carbons (Fsp3) is 0.421. The number of nitrogens with zero attached hydrogens (tertiary/aromatic N) is 2. The molecule has 2 aliphatic carbocycles. The summed E-state index contributed by atoms with van der Waals surface area (Å²) in [7, 11) is 1.52. The predicted molar refractivity (Wildman–Crippen MR) is 96.3 cm³/mol. The lowest BCUT2D eigenvalue weighted by molar-refractivity contribution is -0.140. The average Bonchev–Trinajstić information content (AvgIpc) is 3.30. The summed E-state index contributed by atoms with van der Waals surface area (Å²) in [5.74, 6) is 0.331. The third-order valence-corrected chi connectivity index (χ3v) is 5.59. The molecule has 1 aliphatic heterocycles. The van der Waals surface area contributed by atoms with Crippen LogP contribution in [0.25, 0.3) is 0 Å². The molecular formula is C19H19ClN2O4. The van der Waals surface area contributed by atoms with Gasteiger partial charge < -0.3 is 9.47 Å².